The number of aromatic nitrogens is 2. The number of benzene rings is 1. The molecule has 0 spiro atoms. The smallest absolute Gasteiger partial charge is 0.270 e. The third-order valence-electron chi connectivity index (χ3n) is 2.25. The first-order valence-corrected chi connectivity index (χ1v) is 5.85. The average Bonchev–Trinajstić information content (AvgIpc) is 2.74. The van der Waals surface area contributed by atoms with Gasteiger partial charge in [0.2, 0.25) is 0 Å². The molecule has 0 bridgehead atoms. The third kappa shape index (κ3) is 2.32. The van der Waals surface area contributed by atoms with E-state index in [-0.39, 0.29) is 11.3 Å². The number of rotatable bonds is 3. The predicted molar refractivity (Wildman–Crippen MR) is 71.5 cm³/mol. The van der Waals surface area contributed by atoms with Crippen LogP contribution >= 0.6 is 22.6 Å². The van der Waals surface area contributed by atoms with Crippen LogP contribution in [0.3, 0.4) is 0 Å². The molecule has 0 radical (unpaired) electrons. The molecule has 2 aromatic rings. The summed E-state index contributed by atoms with van der Waals surface area (Å²) >= 11 is 2.07. The third-order valence-corrected chi connectivity index (χ3v) is 2.81. The molecule has 0 aliphatic carbocycles. The zero-order chi connectivity index (χ0) is 13.3. The van der Waals surface area contributed by atoms with Gasteiger partial charge in [0.1, 0.15) is 0 Å². The number of carbonyl (C=O) groups is 1. The topological polar surface area (TPSA) is 104 Å². The Kier molecular flexibility index (Phi) is 3.28. The fraction of sp³-hybridized carbons (Fsp3) is 0. The van der Waals surface area contributed by atoms with Crippen LogP contribution in [0.2, 0.25) is 0 Å². The molecule has 0 atom stereocenters. The van der Waals surface area contributed by atoms with Crippen LogP contribution in [0.4, 0.5) is 5.69 Å². The summed E-state index contributed by atoms with van der Waals surface area (Å²) in [6, 6.07) is 3.89. The van der Waals surface area contributed by atoms with Gasteiger partial charge in [-0.15, -0.1) is 0 Å². The molecule has 2 N–H and O–H groups in total. The maximum absolute atomic E-state index is 11.3. The van der Waals surface area contributed by atoms with Crippen molar-refractivity contribution in [2.45, 2.75) is 0 Å². The van der Waals surface area contributed by atoms with Crippen molar-refractivity contribution in [3.63, 3.8) is 0 Å². The summed E-state index contributed by atoms with van der Waals surface area (Å²) in [4.78, 5) is 21.4. The Bertz CT molecular complexity index is 638. The lowest BCUT2D eigenvalue weighted by atomic mass is 10.1. The van der Waals surface area contributed by atoms with E-state index in [0.717, 1.165) is 9.64 Å². The van der Waals surface area contributed by atoms with Gasteiger partial charge in [0.25, 0.3) is 11.6 Å². The molecule has 0 saturated heterocycles. The fourth-order valence-corrected chi connectivity index (χ4v) is 1.86. The molecular formula is C10H7IN4O3. The van der Waals surface area contributed by atoms with Crippen molar-refractivity contribution in [3.8, 4) is 5.69 Å². The molecule has 2 rings (SSSR count). The lowest BCUT2D eigenvalue weighted by Crippen LogP contribution is -2.15. The molecule has 0 aliphatic rings. The number of non-ortho nitro benzene ring substituents is 1. The molecular weight excluding hydrogens is 351 g/mol. The molecule has 8 heteroatoms. The first kappa shape index (κ1) is 12.5. The summed E-state index contributed by atoms with van der Waals surface area (Å²) in [6.45, 7) is 0. The van der Waals surface area contributed by atoms with Crippen molar-refractivity contribution in [3.05, 3.63) is 49.8 Å². The molecule has 0 fully saturated rings. The number of amides is 1. The molecule has 18 heavy (non-hydrogen) atoms. The lowest BCUT2D eigenvalue weighted by Gasteiger charge is -2.06. The van der Waals surface area contributed by atoms with Crippen LogP contribution in [0.5, 0.6) is 0 Å². The second-order valence-electron chi connectivity index (χ2n) is 3.43. The number of primary amides is 1. The average molecular weight is 358 g/mol. The highest BCUT2D eigenvalue weighted by Gasteiger charge is 2.16. The van der Waals surface area contributed by atoms with E-state index in [1.54, 1.807) is 12.4 Å². The SMILES string of the molecule is NC(=O)c1cc([N+](=O)[O-])ccc1-n1cc(I)cn1. The van der Waals surface area contributed by atoms with Crippen LogP contribution in [0.1, 0.15) is 10.4 Å². The number of nitro benzene ring substituents is 1. The van der Waals surface area contributed by atoms with Crippen LogP contribution in [-0.4, -0.2) is 20.6 Å². The number of nitro groups is 1. The fourth-order valence-electron chi connectivity index (χ4n) is 1.47. The highest BCUT2D eigenvalue weighted by atomic mass is 127. The van der Waals surface area contributed by atoms with E-state index in [0.29, 0.717) is 5.69 Å². The maximum atomic E-state index is 11.3. The number of nitrogens with zero attached hydrogens (tertiary/aromatic N) is 3. The summed E-state index contributed by atoms with van der Waals surface area (Å²) in [5.74, 6) is -0.737. The predicted octanol–water partition coefficient (Wildman–Crippen LogP) is 1.48. The minimum atomic E-state index is -0.737. The maximum Gasteiger partial charge on any atom is 0.270 e. The highest BCUT2D eigenvalue weighted by Crippen LogP contribution is 2.21. The molecule has 1 aromatic carbocycles. The van der Waals surface area contributed by atoms with Crippen molar-refractivity contribution >= 4 is 34.2 Å². The van der Waals surface area contributed by atoms with E-state index in [2.05, 4.69) is 27.7 Å². The van der Waals surface area contributed by atoms with Gasteiger partial charge in [-0.1, -0.05) is 0 Å². The molecule has 0 saturated carbocycles. The van der Waals surface area contributed by atoms with Crippen LogP contribution in [0.25, 0.3) is 5.69 Å². The van der Waals surface area contributed by atoms with Crippen molar-refractivity contribution in [2.75, 3.05) is 0 Å². The van der Waals surface area contributed by atoms with Gasteiger partial charge in [0.15, 0.2) is 0 Å². The Morgan fingerprint density at radius 1 is 1.50 bits per heavy atom. The molecule has 7 nitrogen and oxygen atoms in total. The number of carbonyl (C=O) groups excluding carboxylic acids is 1. The van der Waals surface area contributed by atoms with Crippen LogP contribution in [-0.2, 0) is 0 Å². The van der Waals surface area contributed by atoms with Crippen molar-refractivity contribution < 1.29 is 9.72 Å². The van der Waals surface area contributed by atoms with Crippen molar-refractivity contribution in [1.82, 2.24) is 9.78 Å². The first-order valence-electron chi connectivity index (χ1n) is 4.78. The monoisotopic (exact) mass is 358 g/mol. The van der Waals surface area contributed by atoms with E-state index in [9.17, 15) is 14.9 Å². The molecule has 0 aliphatic heterocycles. The standard InChI is InChI=1S/C10H7IN4O3/c11-6-4-13-14(5-6)9-2-1-7(15(17)18)3-8(9)10(12)16/h1-5H,(H2,12,16). The lowest BCUT2D eigenvalue weighted by molar-refractivity contribution is -0.384. The van der Waals surface area contributed by atoms with E-state index < -0.39 is 10.8 Å². The second kappa shape index (κ2) is 4.72. The summed E-state index contributed by atoms with van der Waals surface area (Å²) in [5.41, 5.74) is 5.51. The quantitative estimate of drug-likeness (QED) is 0.510. The van der Waals surface area contributed by atoms with Gasteiger partial charge in [-0.3, -0.25) is 14.9 Å². The number of hydrogen-bond acceptors (Lipinski definition) is 4. The van der Waals surface area contributed by atoms with Crippen LogP contribution < -0.4 is 5.73 Å². The summed E-state index contributed by atoms with van der Waals surface area (Å²) in [7, 11) is 0. The van der Waals surface area contributed by atoms with Gasteiger partial charge in [-0.25, -0.2) is 4.68 Å². The zero-order valence-electron chi connectivity index (χ0n) is 8.91. The number of hydrogen-bond donors (Lipinski definition) is 1. The Morgan fingerprint density at radius 3 is 2.72 bits per heavy atom. The Balaban J connectivity index is 2.60. The summed E-state index contributed by atoms with van der Waals surface area (Å²) < 4.78 is 2.33. The van der Waals surface area contributed by atoms with Gasteiger partial charge in [0, 0.05) is 18.3 Å². The van der Waals surface area contributed by atoms with Gasteiger partial charge in [-0.2, -0.15) is 5.10 Å². The Morgan fingerprint density at radius 2 is 2.22 bits per heavy atom. The van der Waals surface area contributed by atoms with E-state index in [1.807, 2.05) is 0 Å². The first-order chi connectivity index (χ1) is 8.49. The van der Waals surface area contributed by atoms with Gasteiger partial charge in [0.05, 0.1) is 25.9 Å². The van der Waals surface area contributed by atoms with Crippen molar-refractivity contribution in [2.24, 2.45) is 5.73 Å². The van der Waals surface area contributed by atoms with E-state index >= 15 is 0 Å². The summed E-state index contributed by atoms with van der Waals surface area (Å²) in [6.07, 6.45) is 3.29. The largest absolute Gasteiger partial charge is 0.366 e. The van der Waals surface area contributed by atoms with Crippen molar-refractivity contribution in [1.29, 1.82) is 0 Å². The van der Waals surface area contributed by atoms with Gasteiger partial charge in [-0.05, 0) is 28.7 Å². The highest BCUT2D eigenvalue weighted by molar-refractivity contribution is 14.1. The van der Waals surface area contributed by atoms with Crippen LogP contribution in [0, 0.1) is 13.7 Å². The minimum absolute atomic E-state index is 0.0590. The zero-order valence-corrected chi connectivity index (χ0v) is 11.1. The Hall–Kier alpha value is -1.97. The minimum Gasteiger partial charge on any atom is -0.366 e. The Labute approximate surface area is 115 Å². The molecule has 1 heterocycles. The van der Waals surface area contributed by atoms with Gasteiger partial charge < -0.3 is 5.73 Å². The molecule has 1 aromatic heterocycles. The molecule has 0 unspecified atom stereocenters. The number of halogens is 1. The molecule has 92 valence electrons. The normalized spacial score (nSPS) is 10.3. The van der Waals surface area contributed by atoms with Crippen LogP contribution in [0.15, 0.2) is 30.6 Å². The molecule has 1 amide bonds. The number of nitrogens with two attached hydrogens (primary N) is 1. The van der Waals surface area contributed by atoms with Gasteiger partial charge >= 0.3 is 0 Å². The van der Waals surface area contributed by atoms with E-state index in [1.165, 1.54) is 16.8 Å². The second-order valence-corrected chi connectivity index (χ2v) is 4.67. The summed E-state index contributed by atoms with van der Waals surface area (Å²) in [5, 5.41) is 14.7. The van der Waals surface area contributed by atoms with E-state index in [4.69, 9.17) is 5.73 Å².